The van der Waals surface area contributed by atoms with E-state index in [0.29, 0.717) is 28.9 Å². The number of phenols is 1. The molecule has 3 aromatic rings. The molecule has 5 nitrogen and oxygen atoms in total. The Morgan fingerprint density at radius 1 is 1.17 bits per heavy atom. The van der Waals surface area contributed by atoms with Crippen LogP contribution in [0.5, 0.6) is 5.75 Å². The van der Waals surface area contributed by atoms with Crippen LogP contribution >= 0.6 is 0 Å². The number of hydrogen-bond donors (Lipinski definition) is 3. The van der Waals surface area contributed by atoms with Gasteiger partial charge in [-0.05, 0) is 43.3 Å². The van der Waals surface area contributed by atoms with Crippen molar-refractivity contribution in [1.29, 1.82) is 0 Å². The van der Waals surface area contributed by atoms with Gasteiger partial charge in [0, 0.05) is 23.0 Å². The molecule has 0 aliphatic heterocycles. The van der Waals surface area contributed by atoms with Gasteiger partial charge in [-0.3, -0.25) is 9.89 Å². The molecule has 1 heterocycles. The van der Waals surface area contributed by atoms with Crippen molar-refractivity contribution in [2.24, 2.45) is 0 Å². The molecule has 0 unspecified atom stereocenters. The lowest BCUT2D eigenvalue weighted by Gasteiger charge is -2.03. The monoisotopic (exact) mass is 317 g/mol. The molecule has 0 bridgehead atoms. The summed E-state index contributed by atoms with van der Waals surface area (Å²) in [4.78, 5) is 10.4. The SMILES string of the molecule is Cc1ccc(O)c(-c2n[nH]cc2C#Cc2ccc(NC=O)cc2)c1. The number of H-pyrrole nitrogens is 1. The first-order valence-corrected chi connectivity index (χ1v) is 7.33. The highest BCUT2D eigenvalue weighted by atomic mass is 16.3. The molecule has 1 aromatic heterocycles. The number of hydrogen-bond acceptors (Lipinski definition) is 3. The Morgan fingerprint density at radius 2 is 1.96 bits per heavy atom. The molecular weight excluding hydrogens is 302 g/mol. The van der Waals surface area contributed by atoms with Crippen LogP contribution < -0.4 is 5.32 Å². The minimum atomic E-state index is 0.167. The van der Waals surface area contributed by atoms with Gasteiger partial charge in [-0.1, -0.05) is 23.5 Å². The molecule has 1 amide bonds. The van der Waals surface area contributed by atoms with Crippen molar-refractivity contribution in [1.82, 2.24) is 10.2 Å². The van der Waals surface area contributed by atoms with Crippen molar-refractivity contribution in [3.05, 3.63) is 65.4 Å². The first-order valence-electron chi connectivity index (χ1n) is 7.33. The lowest BCUT2D eigenvalue weighted by Crippen LogP contribution is -1.92. The summed E-state index contributed by atoms with van der Waals surface area (Å²) < 4.78 is 0. The zero-order chi connectivity index (χ0) is 16.9. The number of benzene rings is 2. The Morgan fingerprint density at radius 3 is 2.71 bits per heavy atom. The number of carbonyl (C=O) groups excluding carboxylic acids is 1. The number of aromatic amines is 1. The molecule has 3 rings (SSSR count). The molecule has 24 heavy (non-hydrogen) atoms. The smallest absolute Gasteiger partial charge is 0.211 e. The van der Waals surface area contributed by atoms with Crippen LogP contribution in [-0.4, -0.2) is 21.7 Å². The molecule has 0 spiro atoms. The van der Waals surface area contributed by atoms with Crippen LogP contribution in [0.25, 0.3) is 11.3 Å². The predicted octanol–water partition coefficient (Wildman–Crippen LogP) is 3.06. The van der Waals surface area contributed by atoms with E-state index in [1.165, 1.54) is 0 Å². The van der Waals surface area contributed by atoms with Crippen molar-refractivity contribution >= 4 is 12.1 Å². The quantitative estimate of drug-likeness (QED) is 0.513. The van der Waals surface area contributed by atoms with Crippen molar-refractivity contribution < 1.29 is 9.90 Å². The van der Waals surface area contributed by atoms with E-state index in [2.05, 4.69) is 27.4 Å². The average Bonchev–Trinajstić information content (AvgIpc) is 3.05. The minimum Gasteiger partial charge on any atom is -0.507 e. The highest BCUT2D eigenvalue weighted by molar-refractivity contribution is 5.73. The lowest BCUT2D eigenvalue weighted by atomic mass is 10.0. The van der Waals surface area contributed by atoms with E-state index >= 15 is 0 Å². The van der Waals surface area contributed by atoms with E-state index in [1.54, 1.807) is 24.4 Å². The third-order valence-corrected chi connectivity index (χ3v) is 3.50. The highest BCUT2D eigenvalue weighted by Crippen LogP contribution is 2.30. The summed E-state index contributed by atoms with van der Waals surface area (Å²) in [6.45, 7) is 1.95. The topological polar surface area (TPSA) is 78.0 Å². The van der Waals surface area contributed by atoms with Crippen LogP contribution in [0.1, 0.15) is 16.7 Å². The number of aromatic hydroxyl groups is 1. The molecule has 0 saturated carbocycles. The number of aromatic nitrogens is 2. The summed E-state index contributed by atoms with van der Waals surface area (Å²) in [7, 11) is 0. The van der Waals surface area contributed by atoms with Crippen molar-refractivity contribution in [3.8, 4) is 28.8 Å². The van der Waals surface area contributed by atoms with Crippen LogP contribution in [0.3, 0.4) is 0 Å². The number of phenolic OH excluding ortho intramolecular Hbond substituents is 1. The molecule has 0 saturated heterocycles. The van der Waals surface area contributed by atoms with Gasteiger partial charge in [-0.2, -0.15) is 5.10 Å². The number of rotatable bonds is 3. The van der Waals surface area contributed by atoms with Gasteiger partial charge in [0.25, 0.3) is 0 Å². The average molecular weight is 317 g/mol. The Kier molecular flexibility index (Phi) is 4.30. The van der Waals surface area contributed by atoms with E-state index in [4.69, 9.17) is 0 Å². The molecule has 0 aliphatic rings. The van der Waals surface area contributed by atoms with E-state index in [9.17, 15) is 9.90 Å². The Labute approximate surface area is 139 Å². The minimum absolute atomic E-state index is 0.167. The molecule has 0 fully saturated rings. The maximum absolute atomic E-state index is 10.4. The van der Waals surface area contributed by atoms with Gasteiger partial charge in [-0.15, -0.1) is 0 Å². The summed E-state index contributed by atoms with van der Waals surface area (Å²) in [5.74, 6) is 6.28. The number of nitrogens with zero attached hydrogens (tertiary/aromatic N) is 1. The van der Waals surface area contributed by atoms with Crippen molar-refractivity contribution in [2.45, 2.75) is 6.92 Å². The maximum Gasteiger partial charge on any atom is 0.211 e. The fourth-order valence-corrected chi connectivity index (χ4v) is 2.29. The Bertz CT molecular complexity index is 931. The van der Waals surface area contributed by atoms with Gasteiger partial charge in [0.05, 0.1) is 5.56 Å². The summed E-state index contributed by atoms with van der Waals surface area (Å²) in [5, 5.41) is 19.6. The zero-order valence-corrected chi connectivity index (χ0v) is 13.0. The van der Waals surface area contributed by atoms with Gasteiger partial charge in [0.15, 0.2) is 0 Å². The van der Waals surface area contributed by atoms with Crippen molar-refractivity contribution in [3.63, 3.8) is 0 Å². The third-order valence-electron chi connectivity index (χ3n) is 3.50. The maximum atomic E-state index is 10.4. The molecule has 2 aromatic carbocycles. The molecule has 5 heteroatoms. The van der Waals surface area contributed by atoms with Crippen LogP contribution in [0, 0.1) is 18.8 Å². The fraction of sp³-hybridized carbons (Fsp3) is 0.0526. The Hall–Kier alpha value is -3.52. The van der Waals surface area contributed by atoms with Crippen LogP contribution in [0.15, 0.2) is 48.7 Å². The first-order chi connectivity index (χ1) is 11.7. The van der Waals surface area contributed by atoms with Gasteiger partial charge in [0.1, 0.15) is 11.4 Å². The summed E-state index contributed by atoms with van der Waals surface area (Å²) in [6, 6.07) is 12.6. The van der Waals surface area contributed by atoms with E-state index in [0.717, 1.165) is 11.1 Å². The Balaban J connectivity index is 1.92. The second kappa shape index (κ2) is 6.71. The molecule has 118 valence electrons. The number of amides is 1. The molecule has 0 radical (unpaired) electrons. The summed E-state index contributed by atoms with van der Waals surface area (Å²) in [5.41, 5.74) is 4.51. The van der Waals surface area contributed by atoms with E-state index < -0.39 is 0 Å². The second-order valence-corrected chi connectivity index (χ2v) is 5.26. The van der Waals surface area contributed by atoms with Crippen molar-refractivity contribution in [2.75, 3.05) is 5.32 Å². The number of anilines is 1. The third kappa shape index (κ3) is 3.28. The van der Waals surface area contributed by atoms with E-state index in [-0.39, 0.29) is 5.75 Å². The van der Waals surface area contributed by atoms with Gasteiger partial charge in [-0.25, -0.2) is 0 Å². The predicted molar refractivity (Wildman–Crippen MR) is 92.5 cm³/mol. The second-order valence-electron chi connectivity index (χ2n) is 5.26. The molecule has 0 atom stereocenters. The molecule has 3 N–H and O–H groups in total. The molecular formula is C19H15N3O2. The van der Waals surface area contributed by atoms with Gasteiger partial charge < -0.3 is 10.4 Å². The standard InChI is InChI=1S/C19H15N3O2/c1-13-2-9-18(24)17(10-13)19-15(11-21-22-19)6-3-14-4-7-16(8-5-14)20-12-23/h2,4-5,7-12,24H,1H3,(H,20,23)(H,21,22). The van der Waals surface area contributed by atoms with Crippen LogP contribution in [-0.2, 0) is 4.79 Å². The number of aryl methyl sites for hydroxylation is 1. The van der Waals surface area contributed by atoms with Crippen LogP contribution in [0.2, 0.25) is 0 Å². The fourth-order valence-electron chi connectivity index (χ4n) is 2.29. The summed E-state index contributed by atoms with van der Waals surface area (Å²) >= 11 is 0. The number of carbonyl (C=O) groups is 1. The highest BCUT2D eigenvalue weighted by Gasteiger charge is 2.11. The van der Waals surface area contributed by atoms with Gasteiger partial charge >= 0.3 is 0 Å². The van der Waals surface area contributed by atoms with Gasteiger partial charge in [0.2, 0.25) is 6.41 Å². The largest absolute Gasteiger partial charge is 0.507 e. The zero-order valence-electron chi connectivity index (χ0n) is 13.0. The first kappa shape index (κ1) is 15.4. The molecule has 0 aliphatic carbocycles. The normalized spacial score (nSPS) is 9.88. The number of nitrogens with one attached hydrogen (secondary N) is 2. The van der Waals surface area contributed by atoms with E-state index in [1.807, 2.05) is 31.2 Å². The summed E-state index contributed by atoms with van der Waals surface area (Å²) in [6.07, 6.45) is 2.33. The van der Waals surface area contributed by atoms with Crippen LogP contribution in [0.4, 0.5) is 5.69 Å². The lowest BCUT2D eigenvalue weighted by molar-refractivity contribution is -0.105.